The van der Waals surface area contributed by atoms with Crippen LogP contribution in [0.15, 0.2) is 34.8 Å². The summed E-state index contributed by atoms with van der Waals surface area (Å²) in [7, 11) is 3.17. The Morgan fingerprint density at radius 2 is 1.86 bits per heavy atom. The molecule has 112 valence electrons. The summed E-state index contributed by atoms with van der Waals surface area (Å²) in [5, 5.41) is 0.0866. The van der Waals surface area contributed by atoms with Crippen LogP contribution in [0.2, 0.25) is 5.02 Å². The van der Waals surface area contributed by atoms with E-state index in [9.17, 15) is 4.39 Å². The molecule has 2 aromatic rings. The molecule has 6 heteroatoms. The van der Waals surface area contributed by atoms with E-state index < -0.39 is 5.82 Å². The summed E-state index contributed by atoms with van der Waals surface area (Å²) in [4.78, 5) is -0.187. The monoisotopic (exact) mass is 436 g/mol. The topological polar surface area (TPSA) is 18.5 Å². The zero-order valence-corrected chi connectivity index (χ0v) is 15.2. The number of ether oxygens (including phenoxy) is 2. The van der Waals surface area contributed by atoms with Gasteiger partial charge in [-0.1, -0.05) is 39.7 Å². The van der Waals surface area contributed by atoms with E-state index in [0.29, 0.717) is 11.5 Å². The summed E-state index contributed by atoms with van der Waals surface area (Å²) in [6.07, 6.45) is 0. The third-order valence-electron chi connectivity index (χ3n) is 3.03. The van der Waals surface area contributed by atoms with Crippen molar-refractivity contribution in [1.82, 2.24) is 0 Å². The summed E-state index contributed by atoms with van der Waals surface area (Å²) in [6, 6.07) is 8.34. The zero-order chi connectivity index (χ0) is 15.6. The third-order valence-corrected chi connectivity index (χ3v) is 5.09. The molecule has 0 radical (unpaired) electrons. The van der Waals surface area contributed by atoms with Crippen LogP contribution >= 0.6 is 43.5 Å². The molecule has 0 aliphatic heterocycles. The number of rotatable bonds is 4. The van der Waals surface area contributed by atoms with Gasteiger partial charge in [0.15, 0.2) is 0 Å². The molecule has 0 heterocycles. The second-order valence-corrected chi connectivity index (χ2v) is 6.36. The molecule has 0 aliphatic rings. The van der Waals surface area contributed by atoms with Crippen LogP contribution in [-0.4, -0.2) is 14.2 Å². The molecule has 0 aromatic heterocycles. The summed E-state index contributed by atoms with van der Waals surface area (Å²) >= 11 is 12.9. The average Bonchev–Trinajstić information content (AvgIpc) is 2.49. The van der Waals surface area contributed by atoms with E-state index in [1.165, 1.54) is 6.07 Å². The number of methoxy groups -OCH3 is 2. The molecule has 21 heavy (non-hydrogen) atoms. The molecule has 0 bridgehead atoms. The second kappa shape index (κ2) is 6.99. The van der Waals surface area contributed by atoms with Crippen molar-refractivity contribution in [1.29, 1.82) is 0 Å². The largest absolute Gasteiger partial charge is 0.495 e. The predicted octanol–water partition coefficient (Wildman–Crippen LogP) is 5.74. The van der Waals surface area contributed by atoms with E-state index in [1.807, 2.05) is 12.1 Å². The Bertz CT molecular complexity index is 664. The number of hydrogen-bond acceptors (Lipinski definition) is 2. The maximum atomic E-state index is 13.3. The quantitative estimate of drug-likeness (QED) is 0.567. The fourth-order valence-corrected chi connectivity index (χ4v) is 3.49. The Labute approximate surface area is 144 Å². The third kappa shape index (κ3) is 3.35. The predicted molar refractivity (Wildman–Crippen MR) is 89.4 cm³/mol. The summed E-state index contributed by atoms with van der Waals surface area (Å²) in [6.45, 7) is 0. The number of benzene rings is 2. The Kier molecular flexibility index (Phi) is 5.52. The highest BCUT2D eigenvalue weighted by atomic mass is 79.9. The van der Waals surface area contributed by atoms with Crippen molar-refractivity contribution in [2.75, 3.05) is 14.2 Å². The van der Waals surface area contributed by atoms with E-state index in [2.05, 4.69) is 31.9 Å². The first-order chi connectivity index (χ1) is 9.99. The van der Waals surface area contributed by atoms with Gasteiger partial charge in [0.2, 0.25) is 0 Å². The molecule has 1 atom stereocenters. The van der Waals surface area contributed by atoms with Crippen molar-refractivity contribution in [3.8, 4) is 11.5 Å². The highest BCUT2D eigenvalue weighted by Gasteiger charge is 2.20. The van der Waals surface area contributed by atoms with E-state index in [1.54, 1.807) is 26.4 Å². The lowest BCUT2D eigenvalue weighted by Crippen LogP contribution is -2.00. The molecule has 0 N–H and O–H groups in total. The van der Waals surface area contributed by atoms with Crippen LogP contribution < -0.4 is 9.47 Å². The standard InChI is InChI=1S/C15H12Br2ClFO2/c1-20-12-6-4-9(15(21-2)14(12)17)13(16)8-3-5-11(19)10(18)7-8/h3-7,13H,1-2H3. The van der Waals surface area contributed by atoms with Crippen molar-refractivity contribution < 1.29 is 13.9 Å². The van der Waals surface area contributed by atoms with Gasteiger partial charge >= 0.3 is 0 Å². The molecule has 2 rings (SSSR count). The molecule has 2 nitrogen and oxygen atoms in total. The van der Waals surface area contributed by atoms with Gasteiger partial charge in [-0.25, -0.2) is 4.39 Å². The van der Waals surface area contributed by atoms with Crippen LogP contribution in [0, 0.1) is 5.82 Å². The molecule has 0 aliphatic carbocycles. The summed E-state index contributed by atoms with van der Waals surface area (Å²) < 4.78 is 24.7. The minimum Gasteiger partial charge on any atom is -0.495 e. The fraction of sp³-hybridized carbons (Fsp3) is 0.200. The lowest BCUT2D eigenvalue weighted by Gasteiger charge is -2.18. The van der Waals surface area contributed by atoms with Crippen molar-refractivity contribution in [2.24, 2.45) is 0 Å². The Morgan fingerprint density at radius 3 is 2.43 bits per heavy atom. The molecule has 0 spiro atoms. The smallest absolute Gasteiger partial charge is 0.141 e. The first-order valence-corrected chi connectivity index (χ1v) is 8.07. The van der Waals surface area contributed by atoms with Gasteiger partial charge in [-0.05, 0) is 39.7 Å². The van der Waals surface area contributed by atoms with Crippen molar-refractivity contribution in [3.63, 3.8) is 0 Å². The lowest BCUT2D eigenvalue weighted by atomic mass is 10.0. The van der Waals surface area contributed by atoms with E-state index >= 15 is 0 Å². The highest BCUT2D eigenvalue weighted by Crippen LogP contribution is 2.44. The van der Waals surface area contributed by atoms with Gasteiger partial charge in [-0.2, -0.15) is 0 Å². The first-order valence-electron chi connectivity index (χ1n) is 5.99. The van der Waals surface area contributed by atoms with Crippen LogP contribution in [0.1, 0.15) is 16.0 Å². The van der Waals surface area contributed by atoms with Crippen molar-refractivity contribution >= 4 is 43.5 Å². The van der Waals surface area contributed by atoms with Gasteiger partial charge in [0.05, 0.1) is 24.1 Å². The van der Waals surface area contributed by atoms with E-state index in [0.717, 1.165) is 15.6 Å². The van der Waals surface area contributed by atoms with Gasteiger partial charge < -0.3 is 9.47 Å². The number of hydrogen-bond donors (Lipinski definition) is 0. The molecular weight excluding hydrogens is 426 g/mol. The van der Waals surface area contributed by atoms with Crippen LogP contribution in [0.25, 0.3) is 0 Å². The van der Waals surface area contributed by atoms with Gasteiger partial charge in [-0.3, -0.25) is 0 Å². The summed E-state index contributed by atoms with van der Waals surface area (Å²) in [5.74, 6) is 0.882. The minimum absolute atomic E-state index is 0.0866. The Morgan fingerprint density at radius 1 is 1.14 bits per heavy atom. The Balaban J connectivity index is 2.50. The molecule has 0 saturated heterocycles. The fourth-order valence-electron chi connectivity index (χ4n) is 1.97. The van der Waals surface area contributed by atoms with Crippen LogP contribution in [0.4, 0.5) is 4.39 Å². The molecule has 0 saturated carbocycles. The van der Waals surface area contributed by atoms with Gasteiger partial charge in [0.1, 0.15) is 21.8 Å². The van der Waals surface area contributed by atoms with Gasteiger partial charge in [0.25, 0.3) is 0 Å². The SMILES string of the molecule is COc1ccc(C(Br)c2ccc(F)c(Cl)c2)c(OC)c1Br. The maximum absolute atomic E-state index is 13.3. The van der Waals surface area contributed by atoms with Crippen molar-refractivity contribution in [2.45, 2.75) is 4.83 Å². The molecule has 2 aromatic carbocycles. The average molecular weight is 439 g/mol. The molecule has 1 unspecified atom stereocenters. The Hall–Kier alpha value is -0.780. The summed E-state index contributed by atoms with van der Waals surface area (Å²) in [5.41, 5.74) is 1.71. The highest BCUT2D eigenvalue weighted by molar-refractivity contribution is 9.10. The van der Waals surface area contributed by atoms with Gasteiger partial charge in [0, 0.05) is 5.56 Å². The number of halogens is 4. The normalized spacial score (nSPS) is 12.1. The van der Waals surface area contributed by atoms with Crippen LogP contribution in [0.5, 0.6) is 11.5 Å². The molecular formula is C15H12Br2ClFO2. The van der Waals surface area contributed by atoms with E-state index in [4.69, 9.17) is 21.1 Å². The lowest BCUT2D eigenvalue weighted by molar-refractivity contribution is 0.386. The van der Waals surface area contributed by atoms with E-state index in [-0.39, 0.29) is 9.85 Å². The van der Waals surface area contributed by atoms with Crippen LogP contribution in [0.3, 0.4) is 0 Å². The van der Waals surface area contributed by atoms with Gasteiger partial charge in [-0.15, -0.1) is 0 Å². The van der Waals surface area contributed by atoms with Crippen LogP contribution in [-0.2, 0) is 0 Å². The minimum atomic E-state index is -0.442. The number of alkyl halides is 1. The second-order valence-electron chi connectivity index (χ2n) is 4.24. The molecule has 0 fully saturated rings. The van der Waals surface area contributed by atoms with Crippen molar-refractivity contribution in [3.05, 3.63) is 56.8 Å². The maximum Gasteiger partial charge on any atom is 0.141 e. The first kappa shape index (κ1) is 16.6. The zero-order valence-electron chi connectivity index (χ0n) is 11.3. The molecule has 0 amide bonds.